The molecule has 0 aliphatic rings. The van der Waals surface area contributed by atoms with Crippen LogP contribution in [0.2, 0.25) is 0 Å². The van der Waals surface area contributed by atoms with Gasteiger partial charge in [0.2, 0.25) is 5.91 Å². The van der Waals surface area contributed by atoms with Crippen molar-refractivity contribution in [2.45, 2.75) is 33.2 Å². The largest absolute Gasteiger partial charge is 0.465 e. The van der Waals surface area contributed by atoms with Gasteiger partial charge in [-0.3, -0.25) is 9.59 Å². The second-order valence-electron chi connectivity index (χ2n) is 5.69. The molecular formula is C17H26N2O3. The maximum atomic E-state index is 12.4. The van der Waals surface area contributed by atoms with Gasteiger partial charge in [-0.05, 0) is 18.4 Å². The third-order valence-electron chi connectivity index (χ3n) is 3.19. The van der Waals surface area contributed by atoms with Crippen molar-refractivity contribution in [3.05, 3.63) is 35.9 Å². The molecule has 5 nitrogen and oxygen atoms in total. The predicted octanol–water partition coefficient (Wildman–Crippen LogP) is 2.12. The van der Waals surface area contributed by atoms with E-state index >= 15 is 0 Å². The summed E-state index contributed by atoms with van der Waals surface area (Å²) in [5.74, 6) is -0.241. The molecule has 0 radical (unpaired) electrons. The maximum absolute atomic E-state index is 12.4. The SMILES string of the molecule is CCOC(=O)CN(CC(C)C)C(=O)CC(N)c1ccccc1. The summed E-state index contributed by atoms with van der Waals surface area (Å²) in [5.41, 5.74) is 7.00. The van der Waals surface area contributed by atoms with Crippen molar-refractivity contribution in [3.8, 4) is 0 Å². The lowest BCUT2D eigenvalue weighted by Gasteiger charge is -2.25. The summed E-state index contributed by atoms with van der Waals surface area (Å²) in [7, 11) is 0. The Morgan fingerprint density at radius 1 is 1.23 bits per heavy atom. The fraction of sp³-hybridized carbons (Fsp3) is 0.529. The molecule has 1 atom stereocenters. The molecule has 122 valence electrons. The Morgan fingerprint density at radius 3 is 2.41 bits per heavy atom. The van der Waals surface area contributed by atoms with E-state index in [0.29, 0.717) is 13.2 Å². The van der Waals surface area contributed by atoms with Crippen molar-refractivity contribution in [3.63, 3.8) is 0 Å². The molecule has 5 heteroatoms. The van der Waals surface area contributed by atoms with Crippen LogP contribution in [0.1, 0.15) is 38.8 Å². The Labute approximate surface area is 132 Å². The molecule has 1 amide bonds. The number of nitrogens with two attached hydrogens (primary N) is 1. The van der Waals surface area contributed by atoms with E-state index in [2.05, 4.69) is 0 Å². The van der Waals surface area contributed by atoms with Crippen molar-refractivity contribution in [2.24, 2.45) is 11.7 Å². The van der Waals surface area contributed by atoms with Crippen LogP contribution in [0.4, 0.5) is 0 Å². The molecule has 0 heterocycles. The van der Waals surface area contributed by atoms with Gasteiger partial charge in [-0.1, -0.05) is 44.2 Å². The minimum atomic E-state index is -0.384. The molecule has 2 N–H and O–H groups in total. The number of ether oxygens (including phenoxy) is 1. The Bertz CT molecular complexity index is 474. The standard InChI is InChI=1S/C17H26N2O3/c1-4-22-17(21)12-19(11-13(2)3)16(20)10-15(18)14-8-6-5-7-9-14/h5-9,13,15H,4,10-12,18H2,1-3H3. The molecule has 1 unspecified atom stereocenters. The van der Waals surface area contributed by atoms with Crippen LogP contribution < -0.4 is 5.73 Å². The van der Waals surface area contributed by atoms with E-state index in [1.807, 2.05) is 44.2 Å². The first-order chi connectivity index (χ1) is 10.4. The van der Waals surface area contributed by atoms with E-state index in [4.69, 9.17) is 10.5 Å². The van der Waals surface area contributed by atoms with E-state index in [0.717, 1.165) is 5.56 Å². The molecule has 1 rings (SSSR count). The van der Waals surface area contributed by atoms with Crippen LogP contribution in [-0.2, 0) is 14.3 Å². The molecule has 0 saturated heterocycles. The zero-order valence-electron chi connectivity index (χ0n) is 13.6. The van der Waals surface area contributed by atoms with Gasteiger partial charge in [0, 0.05) is 19.0 Å². The maximum Gasteiger partial charge on any atom is 0.325 e. The van der Waals surface area contributed by atoms with Crippen molar-refractivity contribution < 1.29 is 14.3 Å². The number of amides is 1. The van der Waals surface area contributed by atoms with Crippen LogP contribution in [-0.4, -0.2) is 36.5 Å². The molecule has 22 heavy (non-hydrogen) atoms. The number of esters is 1. The van der Waals surface area contributed by atoms with Crippen LogP contribution in [0, 0.1) is 5.92 Å². The van der Waals surface area contributed by atoms with Crippen molar-refractivity contribution in [2.75, 3.05) is 19.7 Å². The van der Waals surface area contributed by atoms with Gasteiger partial charge in [-0.15, -0.1) is 0 Å². The van der Waals surface area contributed by atoms with Gasteiger partial charge in [0.1, 0.15) is 6.54 Å². The van der Waals surface area contributed by atoms with Gasteiger partial charge >= 0.3 is 5.97 Å². The van der Waals surface area contributed by atoms with E-state index in [9.17, 15) is 9.59 Å². The van der Waals surface area contributed by atoms with Gasteiger partial charge in [-0.2, -0.15) is 0 Å². The lowest BCUT2D eigenvalue weighted by molar-refractivity contribution is -0.149. The highest BCUT2D eigenvalue weighted by atomic mass is 16.5. The Morgan fingerprint density at radius 2 is 1.86 bits per heavy atom. The molecule has 0 bridgehead atoms. The summed E-state index contributed by atoms with van der Waals surface area (Å²) in [6.45, 7) is 6.56. The second kappa shape index (κ2) is 9.20. The minimum Gasteiger partial charge on any atom is -0.465 e. The van der Waals surface area contributed by atoms with E-state index in [1.165, 1.54) is 4.90 Å². The summed E-state index contributed by atoms with van der Waals surface area (Å²) in [6.07, 6.45) is 0.177. The first kappa shape index (κ1) is 18.2. The lowest BCUT2D eigenvalue weighted by Crippen LogP contribution is -2.40. The second-order valence-corrected chi connectivity index (χ2v) is 5.69. The Balaban J connectivity index is 2.68. The smallest absolute Gasteiger partial charge is 0.325 e. The molecular weight excluding hydrogens is 280 g/mol. The number of hydrogen-bond donors (Lipinski definition) is 1. The van der Waals surface area contributed by atoms with Gasteiger partial charge < -0.3 is 15.4 Å². The fourth-order valence-corrected chi connectivity index (χ4v) is 2.19. The number of rotatable bonds is 8. The third kappa shape index (κ3) is 6.26. The Kier molecular flexibility index (Phi) is 7.60. The van der Waals surface area contributed by atoms with E-state index in [1.54, 1.807) is 6.92 Å². The highest BCUT2D eigenvalue weighted by Crippen LogP contribution is 2.15. The van der Waals surface area contributed by atoms with Crippen LogP contribution in [0.15, 0.2) is 30.3 Å². The molecule has 1 aromatic carbocycles. The third-order valence-corrected chi connectivity index (χ3v) is 3.19. The predicted molar refractivity (Wildman–Crippen MR) is 86.0 cm³/mol. The monoisotopic (exact) mass is 306 g/mol. The molecule has 1 aromatic rings. The topological polar surface area (TPSA) is 72.6 Å². The van der Waals surface area contributed by atoms with Gasteiger partial charge in [-0.25, -0.2) is 0 Å². The van der Waals surface area contributed by atoms with Crippen LogP contribution >= 0.6 is 0 Å². The van der Waals surface area contributed by atoms with Gasteiger partial charge in [0.25, 0.3) is 0 Å². The summed E-state index contributed by atoms with van der Waals surface area (Å²) in [5, 5.41) is 0. The summed E-state index contributed by atoms with van der Waals surface area (Å²) >= 11 is 0. The van der Waals surface area contributed by atoms with Gasteiger partial charge in [0.15, 0.2) is 0 Å². The molecule has 0 aromatic heterocycles. The summed E-state index contributed by atoms with van der Waals surface area (Å²) in [6, 6.07) is 9.12. The summed E-state index contributed by atoms with van der Waals surface area (Å²) < 4.78 is 4.93. The highest BCUT2D eigenvalue weighted by molar-refractivity contribution is 5.82. The molecule has 0 spiro atoms. The minimum absolute atomic E-state index is 0.0215. The Hall–Kier alpha value is -1.88. The normalized spacial score (nSPS) is 12.0. The lowest BCUT2D eigenvalue weighted by atomic mass is 10.0. The van der Waals surface area contributed by atoms with E-state index in [-0.39, 0.29) is 36.8 Å². The summed E-state index contributed by atoms with van der Waals surface area (Å²) in [4.78, 5) is 25.6. The average Bonchev–Trinajstić information content (AvgIpc) is 2.47. The zero-order valence-corrected chi connectivity index (χ0v) is 13.6. The highest BCUT2D eigenvalue weighted by Gasteiger charge is 2.21. The first-order valence-corrected chi connectivity index (χ1v) is 7.68. The number of carbonyl (C=O) groups is 2. The number of hydrogen-bond acceptors (Lipinski definition) is 4. The molecule has 0 aliphatic heterocycles. The zero-order chi connectivity index (χ0) is 16.5. The van der Waals surface area contributed by atoms with E-state index < -0.39 is 0 Å². The first-order valence-electron chi connectivity index (χ1n) is 7.68. The number of nitrogens with zero attached hydrogens (tertiary/aromatic N) is 1. The average molecular weight is 306 g/mol. The van der Waals surface area contributed by atoms with Crippen molar-refractivity contribution in [1.82, 2.24) is 4.90 Å². The fourth-order valence-electron chi connectivity index (χ4n) is 2.19. The molecule has 0 saturated carbocycles. The quantitative estimate of drug-likeness (QED) is 0.747. The van der Waals surface area contributed by atoms with Crippen LogP contribution in [0.25, 0.3) is 0 Å². The molecule has 0 aliphatic carbocycles. The van der Waals surface area contributed by atoms with Crippen LogP contribution in [0.3, 0.4) is 0 Å². The number of benzene rings is 1. The molecule has 0 fully saturated rings. The van der Waals surface area contributed by atoms with Crippen molar-refractivity contribution in [1.29, 1.82) is 0 Å². The van der Waals surface area contributed by atoms with Crippen molar-refractivity contribution >= 4 is 11.9 Å². The van der Waals surface area contributed by atoms with Gasteiger partial charge in [0.05, 0.1) is 6.61 Å². The number of carbonyl (C=O) groups excluding carboxylic acids is 2. The van der Waals surface area contributed by atoms with Crippen LogP contribution in [0.5, 0.6) is 0 Å².